The van der Waals surface area contributed by atoms with Gasteiger partial charge in [0.1, 0.15) is 5.75 Å². The Balaban J connectivity index is 2.77. The van der Waals surface area contributed by atoms with Gasteiger partial charge in [0.15, 0.2) is 0 Å². The van der Waals surface area contributed by atoms with Crippen LogP contribution in [0.3, 0.4) is 0 Å². The van der Waals surface area contributed by atoms with Gasteiger partial charge in [-0.3, -0.25) is 4.79 Å². The van der Waals surface area contributed by atoms with E-state index in [0.29, 0.717) is 6.54 Å². The van der Waals surface area contributed by atoms with Crippen molar-refractivity contribution in [1.29, 1.82) is 0 Å². The Bertz CT molecular complexity index is 368. The van der Waals surface area contributed by atoms with Crippen LogP contribution >= 0.6 is 27.5 Å². The average molecular weight is 293 g/mol. The van der Waals surface area contributed by atoms with E-state index in [1.165, 1.54) is 6.07 Å². The molecule has 0 spiro atoms. The van der Waals surface area contributed by atoms with E-state index in [0.717, 1.165) is 4.47 Å². The lowest BCUT2D eigenvalue weighted by atomic mass is 10.2. The van der Waals surface area contributed by atoms with Gasteiger partial charge in [0.2, 0.25) is 0 Å². The van der Waals surface area contributed by atoms with Crippen LogP contribution in [0.2, 0.25) is 0 Å². The second-order valence-electron chi connectivity index (χ2n) is 3.15. The smallest absolute Gasteiger partial charge is 0.255 e. The van der Waals surface area contributed by atoms with Gasteiger partial charge in [0.05, 0.1) is 5.56 Å². The molecule has 0 saturated heterocycles. The molecule has 0 aliphatic carbocycles. The van der Waals surface area contributed by atoms with Crippen molar-refractivity contribution in [2.24, 2.45) is 0 Å². The number of rotatable bonds is 3. The molecule has 5 heteroatoms. The Labute approximate surface area is 102 Å². The number of hydrogen-bond acceptors (Lipinski definition) is 2. The number of hydrogen-bond donors (Lipinski definition) is 2. The van der Waals surface area contributed by atoms with Crippen LogP contribution in [-0.2, 0) is 0 Å². The number of halogens is 2. The van der Waals surface area contributed by atoms with Crippen molar-refractivity contribution in [2.75, 3.05) is 6.54 Å². The number of nitrogens with one attached hydrogen (secondary N) is 1. The van der Waals surface area contributed by atoms with E-state index >= 15 is 0 Å². The van der Waals surface area contributed by atoms with E-state index in [9.17, 15) is 9.90 Å². The molecule has 1 unspecified atom stereocenters. The molecule has 15 heavy (non-hydrogen) atoms. The Kier molecular flexibility index (Phi) is 4.42. The van der Waals surface area contributed by atoms with Crippen molar-refractivity contribution >= 4 is 33.4 Å². The molecular formula is C10H11BrClNO2. The van der Waals surface area contributed by atoms with Gasteiger partial charge in [-0.15, -0.1) is 11.6 Å². The minimum atomic E-state index is -0.332. The molecule has 0 bridgehead atoms. The normalized spacial score (nSPS) is 12.2. The summed E-state index contributed by atoms with van der Waals surface area (Å²) >= 11 is 8.92. The summed E-state index contributed by atoms with van der Waals surface area (Å²) in [6.45, 7) is 2.15. The number of benzene rings is 1. The van der Waals surface area contributed by atoms with E-state index in [1.54, 1.807) is 19.1 Å². The lowest BCUT2D eigenvalue weighted by Crippen LogP contribution is -2.28. The van der Waals surface area contributed by atoms with Gasteiger partial charge >= 0.3 is 0 Å². The molecule has 1 rings (SSSR count). The fourth-order valence-electron chi connectivity index (χ4n) is 1.02. The number of phenolic OH excluding ortho intramolecular Hbond substituents is 1. The van der Waals surface area contributed by atoms with Crippen molar-refractivity contribution in [3.8, 4) is 5.75 Å². The van der Waals surface area contributed by atoms with Crippen LogP contribution < -0.4 is 5.32 Å². The predicted octanol–water partition coefficient (Wildman–Crippen LogP) is 2.51. The van der Waals surface area contributed by atoms with E-state index in [-0.39, 0.29) is 22.6 Å². The van der Waals surface area contributed by atoms with Gasteiger partial charge in [0, 0.05) is 16.4 Å². The molecule has 0 fully saturated rings. The van der Waals surface area contributed by atoms with E-state index < -0.39 is 0 Å². The van der Waals surface area contributed by atoms with E-state index in [2.05, 4.69) is 21.2 Å². The molecule has 0 aliphatic heterocycles. The maximum atomic E-state index is 11.6. The monoisotopic (exact) mass is 291 g/mol. The topological polar surface area (TPSA) is 49.3 Å². The molecule has 0 radical (unpaired) electrons. The zero-order valence-corrected chi connectivity index (χ0v) is 10.5. The predicted molar refractivity (Wildman–Crippen MR) is 63.5 cm³/mol. The first-order valence-corrected chi connectivity index (χ1v) is 5.64. The van der Waals surface area contributed by atoms with Crippen LogP contribution in [0.5, 0.6) is 5.75 Å². The van der Waals surface area contributed by atoms with Gasteiger partial charge < -0.3 is 10.4 Å². The summed E-state index contributed by atoms with van der Waals surface area (Å²) in [5.41, 5.74) is 0.238. The quantitative estimate of drug-likeness (QED) is 0.841. The standard InChI is InChI=1S/C10H11BrClNO2/c1-6(12)5-13-10(15)8-4-7(11)2-3-9(8)14/h2-4,6,14H,5H2,1H3,(H,13,15). The van der Waals surface area contributed by atoms with Gasteiger partial charge in [-0.25, -0.2) is 0 Å². The first-order valence-electron chi connectivity index (χ1n) is 4.41. The molecule has 1 aromatic carbocycles. The Morgan fingerprint density at radius 2 is 2.33 bits per heavy atom. The zero-order valence-electron chi connectivity index (χ0n) is 8.13. The van der Waals surface area contributed by atoms with Gasteiger partial charge in [-0.05, 0) is 25.1 Å². The van der Waals surface area contributed by atoms with E-state index in [1.807, 2.05) is 0 Å². The van der Waals surface area contributed by atoms with Crippen LogP contribution in [0.15, 0.2) is 22.7 Å². The molecule has 2 N–H and O–H groups in total. The summed E-state index contributed by atoms with van der Waals surface area (Å²) in [4.78, 5) is 11.6. The number of amides is 1. The van der Waals surface area contributed by atoms with E-state index in [4.69, 9.17) is 11.6 Å². The van der Waals surface area contributed by atoms with Crippen molar-refractivity contribution in [2.45, 2.75) is 12.3 Å². The van der Waals surface area contributed by atoms with Gasteiger partial charge in [-0.2, -0.15) is 0 Å². The molecule has 0 saturated carbocycles. The van der Waals surface area contributed by atoms with Crippen LogP contribution in [0.1, 0.15) is 17.3 Å². The Morgan fingerprint density at radius 1 is 1.67 bits per heavy atom. The van der Waals surface area contributed by atoms with Crippen LogP contribution in [0.4, 0.5) is 0 Å². The largest absolute Gasteiger partial charge is 0.507 e. The summed E-state index contributed by atoms with van der Waals surface area (Å²) in [5.74, 6) is -0.376. The minimum Gasteiger partial charge on any atom is -0.507 e. The molecule has 1 amide bonds. The number of aromatic hydroxyl groups is 1. The fraction of sp³-hybridized carbons (Fsp3) is 0.300. The van der Waals surface area contributed by atoms with Crippen molar-refractivity contribution in [1.82, 2.24) is 5.32 Å². The number of alkyl halides is 1. The molecule has 0 aliphatic rings. The zero-order chi connectivity index (χ0) is 11.4. The average Bonchev–Trinajstić information content (AvgIpc) is 2.18. The summed E-state index contributed by atoms with van der Waals surface area (Å²) in [7, 11) is 0. The maximum Gasteiger partial charge on any atom is 0.255 e. The first-order chi connectivity index (χ1) is 7.00. The molecule has 0 heterocycles. The van der Waals surface area contributed by atoms with Crippen molar-refractivity contribution in [3.63, 3.8) is 0 Å². The summed E-state index contributed by atoms with van der Waals surface area (Å²) in [6.07, 6.45) is 0. The van der Waals surface area contributed by atoms with Crippen LogP contribution in [0, 0.1) is 0 Å². The highest BCUT2D eigenvalue weighted by Gasteiger charge is 2.11. The molecule has 0 aromatic heterocycles. The first kappa shape index (κ1) is 12.3. The van der Waals surface area contributed by atoms with Crippen LogP contribution in [0.25, 0.3) is 0 Å². The lowest BCUT2D eigenvalue weighted by Gasteiger charge is -2.08. The number of carbonyl (C=O) groups is 1. The third kappa shape index (κ3) is 3.72. The van der Waals surface area contributed by atoms with Gasteiger partial charge in [0.25, 0.3) is 5.91 Å². The molecular weight excluding hydrogens is 281 g/mol. The number of carbonyl (C=O) groups excluding carboxylic acids is 1. The van der Waals surface area contributed by atoms with Crippen LogP contribution in [-0.4, -0.2) is 22.9 Å². The molecule has 82 valence electrons. The highest BCUT2D eigenvalue weighted by Crippen LogP contribution is 2.21. The SMILES string of the molecule is CC(Cl)CNC(=O)c1cc(Br)ccc1O. The highest BCUT2D eigenvalue weighted by molar-refractivity contribution is 9.10. The minimum absolute atomic E-state index is 0.0436. The molecule has 3 nitrogen and oxygen atoms in total. The van der Waals surface area contributed by atoms with Crippen molar-refractivity contribution in [3.05, 3.63) is 28.2 Å². The number of phenols is 1. The molecule has 1 atom stereocenters. The summed E-state index contributed by atoms with van der Waals surface area (Å²) in [6, 6.07) is 4.68. The second kappa shape index (κ2) is 5.37. The lowest BCUT2D eigenvalue weighted by molar-refractivity contribution is 0.0951. The third-order valence-electron chi connectivity index (χ3n) is 1.75. The Morgan fingerprint density at radius 3 is 2.93 bits per heavy atom. The van der Waals surface area contributed by atoms with Crippen molar-refractivity contribution < 1.29 is 9.90 Å². The second-order valence-corrected chi connectivity index (χ2v) is 4.81. The van der Waals surface area contributed by atoms with Gasteiger partial charge in [-0.1, -0.05) is 15.9 Å². The highest BCUT2D eigenvalue weighted by atomic mass is 79.9. The summed E-state index contributed by atoms with van der Waals surface area (Å²) in [5, 5.41) is 11.9. The Hall–Kier alpha value is -0.740. The fourth-order valence-corrected chi connectivity index (χ4v) is 1.46. The molecule has 1 aromatic rings. The third-order valence-corrected chi connectivity index (χ3v) is 2.39. The maximum absolute atomic E-state index is 11.6. The summed E-state index contributed by atoms with van der Waals surface area (Å²) < 4.78 is 0.740.